The Balaban J connectivity index is 1.99. The Bertz CT molecular complexity index is 350. The summed E-state index contributed by atoms with van der Waals surface area (Å²) in [5, 5.41) is 3.58. The van der Waals surface area contributed by atoms with Gasteiger partial charge in [-0.3, -0.25) is 14.5 Å². The smallest absolute Gasteiger partial charge is 0.232 e. The molecular formula is C16H28N2O2. The maximum atomic E-state index is 12.1. The molecule has 1 aliphatic heterocycles. The third-order valence-electron chi connectivity index (χ3n) is 4.72. The van der Waals surface area contributed by atoms with Gasteiger partial charge in [0, 0.05) is 24.9 Å². The van der Waals surface area contributed by atoms with E-state index in [1.807, 2.05) is 6.92 Å². The molecule has 2 unspecified atom stereocenters. The molecule has 0 spiro atoms. The number of rotatable bonds is 6. The van der Waals surface area contributed by atoms with Gasteiger partial charge in [0.2, 0.25) is 11.8 Å². The van der Waals surface area contributed by atoms with Crippen LogP contribution in [0.4, 0.5) is 0 Å². The SMILES string of the molecule is CCCNC(CN1C(=O)CC(C)C1=O)C1CCCCC1. The number of nitrogens with zero attached hydrogens (tertiary/aromatic N) is 1. The van der Waals surface area contributed by atoms with Crippen LogP contribution in [0.1, 0.15) is 58.8 Å². The Morgan fingerprint density at radius 2 is 1.95 bits per heavy atom. The van der Waals surface area contributed by atoms with Gasteiger partial charge >= 0.3 is 0 Å². The van der Waals surface area contributed by atoms with Gasteiger partial charge in [-0.2, -0.15) is 0 Å². The molecule has 4 nitrogen and oxygen atoms in total. The topological polar surface area (TPSA) is 49.4 Å². The highest BCUT2D eigenvalue weighted by atomic mass is 16.2. The van der Waals surface area contributed by atoms with Crippen LogP contribution in [0.5, 0.6) is 0 Å². The van der Waals surface area contributed by atoms with Crippen LogP contribution in [0.15, 0.2) is 0 Å². The molecule has 2 aliphatic rings. The van der Waals surface area contributed by atoms with Crippen LogP contribution in [-0.2, 0) is 9.59 Å². The van der Waals surface area contributed by atoms with Gasteiger partial charge in [0.1, 0.15) is 0 Å². The minimum atomic E-state index is -0.124. The minimum Gasteiger partial charge on any atom is -0.312 e. The Labute approximate surface area is 122 Å². The third-order valence-corrected chi connectivity index (χ3v) is 4.72. The molecule has 1 N–H and O–H groups in total. The molecule has 0 aromatic rings. The fraction of sp³-hybridized carbons (Fsp3) is 0.875. The van der Waals surface area contributed by atoms with Crippen molar-refractivity contribution in [3.8, 4) is 0 Å². The normalized spacial score (nSPS) is 26.3. The van der Waals surface area contributed by atoms with E-state index in [2.05, 4.69) is 12.2 Å². The predicted octanol–water partition coefficient (Wildman–Crippen LogP) is 2.33. The molecule has 1 heterocycles. The number of hydrogen-bond donors (Lipinski definition) is 1. The van der Waals surface area contributed by atoms with Gasteiger partial charge in [-0.25, -0.2) is 0 Å². The summed E-state index contributed by atoms with van der Waals surface area (Å²) in [5.74, 6) is 0.531. The number of likely N-dealkylation sites (tertiary alicyclic amines) is 1. The molecule has 4 heteroatoms. The van der Waals surface area contributed by atoms with Crippen molar-refractivity contribution >= 4 is 11.8 Å². The standard InChI is InChI=1S/C16H28N2O2/c1-3-9-17-14(13-7-5-4-6-8-13)11-18-15(19)10-12(2)16(18)20/h12-14,17H,3-11H2,1-2H3. The summed E-state index contributed by atoms with van der Waals surface area (Å²) in [5.41, 5.74) is 0. The zero-order chi connectivity index (χ0) is 14.5. The van der Waals surface area contributed by atoms with E-state index < -0.39 is 0 Å². The first-order valence-electron chi connectivity index (χ1n) is 8.21. The van der Waals surface area contributed by atoms with E-state index in [9.17, 15) is 9.59 Å². The van der Waals surface area contributed by atoms with Crippen molar-refractivity contribution in [3.05, 3.63) is 0 Å². The molecule has 1 aliphatic carbocycles. The van der Waals surface area contributed by atoms with Crippen molar-refractivity contribution in [3.63, 3.8) is 0 Å². The highest BCUT2D eigenvalue weighted by Gasteiger charge is 2.38. The molecule has 1 saturated carbocycles. The summed E-state index contributed by atoms with van der Waals surface area (Å²) in [6.07, 6.45) is 7.84. The largest absolute Gasteiger partial charge is 0.312 e. The van der Waals surface area contributed by atoms with Gasteiger partial charge in [-0.15, -0.1) is 0 Å². The first-order chi connectivity index (χ1) is 9.63. The van der Waals surface area contributed by atoms with Crippen molar-refractivity contribution in [2.24, 2.45) is 11.8 Å². The van der Waals surface area contributed by atoms with Crippen LogP contribution in [-0.4, -0.2) is 35.8 Å². The fourth-order valence-corrected chi connectivity index (χ4v) is 3.48. The average molecular weight is 280 g/mol. The van der Waals surface area contributed by atoms with Gasteiger partial charge in [0.05, 0.1) is 0 Å². The number of nitrogens with one attached hydrogen (secondary N) is 1. The maximum absolute atomic E-state index is 12.1. The van der Waals surface area contributed by atoms with Crippen molar-refractivity contribution in [1.29, 1.82) is 0 Å². The van der Waals surface area contributed by atoms with Crippen LogP contribution >= 0.6 is 0 Å². The average Bonchev–Trinajstić information content (AvgIpc) is 2.70. The molecule has 2 amide bonds. The van der Waals surface area contributed by atoms with Gasteiger partial charge in [-0.05, 0) is 31.7 Å². The molecule has 114 valence electrons. The minimum absolute atomic E-state index is 0.0154. The van der Waals surface area contributed by atoms with Gasteiger partial charge in [-0.1, -0.05) is 33.1 Å². The van der Waals surface area contributed by atoms with Crippen LogP contribution in [0.25, 0.3) is 0 Å². The quantitative estimate of drug-likeness (QED) is 0.760. The first-order valence-corrected chi connectivity index (χ1v) is 8.21. The molecule has 1 saturated heterocycles. The number of amides is 2. The molecule has 2 rings (SSSR count). The summed E-state index contributed by atoms with van der Waals surface area (Å²) in [6.45, 7) is 5.55. The van der Waals surface area contributed by atoms with E-state index in [1.54, 1.807) is 0 Å². The lowest BCUT2D eigenvalue weighted by atomic mass is 9.83. The summed E-state index contributed by atoms with van der Waals surface area (Å²) < 4.78 is 0. The molecule has 0 bridgehead atoms. The second kappa shape index (κ2) is 7.21. The Morgan fingerprint density at radius 3 is 2.50 bits per heavy atom. The Kier molecular flexibility index (Phi) is 5.58. The lowest BCUT2D eigenvalue weighted by molar-refractivity contribution is -0.139. The van der Waals surface area contributed by atoms with Crippen LogP contribution in [0, 0.1) is 11.8 Å². The Morgan fingerprint density at radius 1 is 1.25 bits per heavy atom. The second-order valence-electron chi connectivity index (χ2n) is 6.41. The summed E-state index contributed by atoms with van der Waals surface area (Å²) in [7, 11) is 0. The van der Waals surface area contributed by atoms with Crippen molar-refractivity contribution in [2.75, 3.05) is 13.1 Å². The zero-order valence-corrected chi connectivity index (χ0v) is 12.9. The summed E-state index contributed by atoms with van der Waals surface area (Å²) >= 11 is 0. The number of hydrogen-bond acceptors (Lipinski definition) is 3. The molecular weight excluding hydrogens is 252 g/mol. The fourth-order valence-electron chi connectivity index (χ4n) is 3.48. The zero-order valence-electron chi connectivity index (χ0n) is 12.9. The molecule has 20 heavy (non-hydrogen) atoms. The number of carbonyl (C=O) groups is 2. The summed E-state index contributed by atoms with van der Waals surface area (Å²) in [6, 6.07) is 0.286. The van der Waals surface area contributed by atoms with E-state index in [1.165, 1.54) is 37.0 Å². The Hall–Kier alpha value is -0.900. The highest BCUT2D eigenvalue weighted by molar-refractivity contribution is 6.03. The molecule has 0 radical (unpaired) electrons. The first kappa shape index (κ1) is 15.5. The van der Waals surface area contributed by atoms with Gasteiger partial charge in [0.15, 0.2) is 0 Å². The lowest BCUT2D eigenvalue weighted by Crippen LogP contribution is -2.48. The van der Waals surface area contributed by atoms with Crippen LogP contribution < -0.4 is 5.32 Å². The molecule has 2 atom stereocenters. The molecule has 2 fully saturated rings. The lowest BCUT2D eigenvalue weighted by Gasteiger charge is -2.33. The predicted molar refractivity (Wildman–Crippen MR) is 79.2 cm³/mol. The van der Waals surface area contributed by atoms with E-state index in [0.29, 0.717) is 18.9 Å². The van der Waals surface area contributed by atoms with Crippen LogP contribution in [0.2, 0.25) is 0 Å². The van der Waals surface area contributed by atoms with Gasteiger partial charge in [0.25, 0.3) is 0 Å². The molecule has 0 aromatic heterocycles. The number of imide groups is 1. The number of carbonyl (C=O) groups excluding carboxylic acids is 2. The van der Waals surface area contributed by atoms with E-state index >= 15 is 0 Å². The highest BCUT2D eigenvalue weighted by Crippen LogP contribution is 2.28. The van der Waals surface area contributed by atoms with E-state index in [4.69, 9.17) is 0 Å². The molecule has 0 aromatic carbocycles. The van der Waals surface area contributed by atoms with Gasteiger partial charge < -0.3 is 5.32 Å². The van der Waals surface area contributed by atoms with Crippen LogP contribution in [0.3, 0.4) is 0 Å². The third kappa shape index (κ3) is 3.60. The van der Waals surface area contributed by atoms with Crippen molar-refractivity contribution < 1.29 is 9.59 Å². The summed E-state index contributed by atoms with van der Waals surface area (Å²) in [4.78, 5) is 25.6. The van der Waals surface area contributed by atoms with Crippen molar-refractivity contribution in [1.82, 2.24) is 10.2 Å². The van der Waals surface area contributed by atoms with E-state index in [0.717, 1.165) is 13.0 Å². The van der Waals surface area contributed by atoms with E-state index in [-0.39, 0.29) is 23.8 Å². The second-order valence-corrected chi connectivity index (χ2v) is 6.41. The monoisotopic (exact) mass is 280 g/mol. The maximum Gasteiger partial charge on any atom is 0.232 e. The van der Waals surface area contributed by atoms with Crippen molar-refractivity contribution in [2.45, 2.75) is 64.8 Å².